The lowest BCUT2D eigenvalue weighted by atomic mass is 9.91. The fourth-order valence-electron chi connectivity index (χ4n) is 3.61. The molecule has 0 spiro atoms. The van der Waals surface area contributed by atoms with Gasteiger partial charge < -0.3 is 14.2 Å². The van der Waals surface area contributed by atoms with Crippen molar-refractivity contribution in [3.8, 4) is 5.75 Å². The summed E-state index contributed by atoms with van der Waals surface area (Å²) in [7, 11) is 1.57. The van der Waals surface area contributed by atoms with Crippen LogP contribution in [0.5, 0.6) is 5.75 Å². The number of carbonyl (C=O) groups is 3. The highest BCUT2D eigenvalue weighted by molar-refractivity contribution is 9.07. The molecule has 2 aromatic rings. The Morgan fingerprint density at radius 2 is 1.76 bits per heavy atom. The maximum absolute atomic E-state index is 13.6. The van der Waals surface area contributed by atoms with Gasteiger partial charge in [0.05, 0.1) is 25.3 Å². The summed E-state index contributed by atoms with van der Waals surface area (Å²) in [6.07, 6.45) is 0.000223. The number of piperidine rings is 1. The number of imide groups is 1. The molecule has 176 valence electrons. The lowest BCUT2D eigenvalue weighted by molar-refractivity contribution is -0.150. The summed E-state index contributed by atoms with van der Waals surface area (Å²) in [4.78, 5) is 39.9. The number of carbonyl (C=O) groups excluding carboxylic acids is 3. The third-order valence-electron chi connectivity index (χ3n) is 5.38. The number of hydrogen-bond donors (Lipinski definition) is 0. The van der Waals surface area contributed by atoms with Crippen LogP contribution in [0.2, 0.25) is 0 Å². The third-order valence-corrected chi connectivity index (χ3v) is 6.23. The number of esters is 1. The van der Waals surface area contributed by atoms with Gasteiger partial charge in [0.25, 0.3) is 5.91 Å². The van der Waals surface area contributed by atoms with E-state index < -0.39 is 24.0 Å². The monoisotopic (exact) mass is 518 g/mol. The second kappa shape index (κ2) is 11.8. The Kier molecular flexibility index (Phi) is 8.85. The standard InChI is InChI=1S/C24H27BrN2O6/c1-3-32-23(29)18-13-14-26(25)21(15-18)22(28)27(19-7-5-4-6-8-19)24(30)33-16-17-9-11-20(31-2)12-10-17/h4-12,18,21H,3,13-16H2,1-2H3. The van der Waals surface area contributed by atoms with Gasteiger partial charge in [0.15, 0.2) is 0 Å². The largest absolute Gasteiger partial charge is 0.497 e. The van der Waals surface area contributed by atoms with Crippen LogP contribution in [0, 0.1) is 5.92 Å². The van der Waals surface area contributed by atoms with Gasteiger partial charge >= 0.3 is 12.1 Å². The first-order valence-electron chi connectivity index (χ1n) is 10.7. The van der Waals surface area contributed by atoms with Gasteiger partial charge in [-0.3, -0.25) is 9.59 Å². The van der Waals surface area contributed by atoms with E-state index in [1.54, 1.807) is 72.6 Å². The van der Waals surface area contributed by atoms with Crippen molar-refractivity contribution in [2.24, 2.45) is 5.92 Å². The number of ether oxygens (including phenoxy) is 3. The summed E-state index contributed by atoms with van der Waals surface area (Å²) in [6, 6.07) is 15.0. The average molecular weight is 519 g/mol. The van der Waals surface area contributed by atoms with Crippen molar-refractivity contribution >= 4 is 39.8 Å². The molecule has 2 amide bonds. The quantitative estimate of drug-likeness (QED) is 0.398. The molecule has 9 heteroatoms. The predicted molar refractivity (Wildman–Crippen MR) is 126 cm³/mol. The van der Waals surface area contributed by atoms with E-state index in [-0.39, 0.29) is 25.6 Å². The molecule has 1 saturated heterocycles. The highest BCUT2D eigenvalue weighted by Crippen LogP contribution is 2.29. The maximum atomic E-state index is 13.6. The Morgan fingerprint density at radius 3 is 2.39 bits per heavy atom. The number of amides is 2. The van der Waals surface area contributed by atoms with Crippen LogP contribution in [0.25, 0.3) is 0 Å². The van der Waals surface area contributed by atoms with Gasteiger partial charge in [-0.15, -0.1) is 0 Å². The zero-order chi connectivity index (χ0) is 23.8. The Balaban J connectivity index is 1.78. The van der Waals surface area contributed by atoms with Crippen molar-refractivity contribution in [3.05, 3.63) is 60.2 Å². The van der Waals surface area contributed by atoms with Crippen LogP contribution in [-0.2, 0) is 25.7 Å². The zero-order valence-electron chi connectivity index (χ0n) is 18.6. The van der Waals surface area contributed by atoms with E-state index in [9.17, 15) is 14.4 Å². The Morgan fingerprint density at radius 1 is 1.06 bits per heavy atom. The van der Waals surface area contributed by atoms with Gasteiger partial charge in [-0.2, -0.15) is 0 Å². The summed E-state index contributed by atoms with van der Waals surface area (Å²) < 4.78 is 17.4. The molecule has 0 saturated carbocycles. The molecular weight excluding hydrogens is 492 g/mol. The fraction of sp³-hybridized carbons (Fsp3) is 0.375. The lowest BCUT2D eigenvalue weighted by Crippen LogP contribution is -2.52. The lowest BCUT2D eigenvalue weighted by Gasteiger charge is -2.35. The van der Waals surface area contributed by atoms with Gasteiger partial charge in [-0.1, -0.05) is 30.3 Å². The van der Waals surface area contributed by atoms with Crippen molar-refractivity contribution in [2.75, 3.05) is 25.2 Å². The van der Waals surface area contributed by atoms with Crippen LogP contribution in [-0.4, -0.2) is 48.2 Å². The smallest absolute Gasteiger partial charge is 0.421 e. The summed E-state index contributed by atoms with van der Waals surface area (Å²) in [5.74, 6) is -0.534. The number of nitrogens with zero attached hydrogens (tertiary/aromatic N) is 2. The summed E-state index contributed by atoms with van der Waals surface area (Å²) in [6.45, 7) is 2.48. The van der Waals surface area contributed by atoms with E-state index >= 15 is 0 Å². The number of hydrogen-bond acceptors (Lipinski definition) is 7. The van der Waals surface area contributed by atoms with Crippen LogP contribution in [0.15, 0.2) is 54.6 Å². The van der Waals surface area contributed by atoms with Crippen LogP contribution in [0.3, 0.4) is 0 Å². The third kappa shape index (κ3) is 6.33. The zero-order valence-corrected chi connectivity index (χ0v) is 20.2. The molecule has 0 aliphatic carbocycles. The SMILES string of the molecule is CCOC(=O)C1CCN(Br)C(C(=O)N(C(=O)OCc2ccc(OC)cc2)c2ccccc2)C1. The van der Waals surface area contributed by atoms with Gasteiger partial charge in [-0.05, 0) is 49.6 Å². The van der Waals surface area contributed by atoms with E-state index in [2.05, 4.69) is 16.1 Å². The van der Waals surface area contributed by atoms with Crippen molar-refractivity contribution < 1.29 is 28.6 Å². The Labute approximate surface area is 201 Å². The molecule has 3 rings (SSSR count). The molecular formula is C24H27BrN2O6. The normalized spacial score (nSPS) is 18.3. The number of methoxy groups -OCH3 is 1. The molecule has 0 radical (unpaired) electrons. The maximum Gasteiger partial charge on any atom is 0.421 e. The minimum atomic E-state index is -0.791. The molecule has 1 fully saturated rings. The molecule has 0 bridgehead atoms. The van der Waals surface area contributed by atoms with E-state index in [0.717, 1.165) is 10.5 Å². The van der Waals surface area contributed by atoms with Crippen molar-refractivity contribution in [1.82, 2.24) is 3.93 Å². The number of anilines is 1. The molecule has 33 heavy (non-hydrogen) atoms. The van der Waals surface area contributed by atoms with Crippen LogP contribution < -0.4 is 9.64 Å². The number of rotatable bonds is 7. The molecule has 2 aromatic carbocycles. The van der Waals surface area contributed by atoms with Gasteiger partial charge in [0, 0.05) is 22.7 Å². The Bertz CT molecular complexity index is 953. The molecule has 1 aliphatic rings. The molecule has 1 aliphatic heterocycles. The summed E-state index contributed by atoms with van der Waals surface area (Å²) >= 11 is 3.42. The first kappa shape index (κ1) is 24.7. The first-order chi connectivity index (χ1) is 15.9. The molecule has 8 nitrogen and oxygen atoms in total. The molecule has 0 N–H and O–H groups in total. The highest BCUT2D eigenvalue weighted by atomic mass is 79.9. The second-order valence-corrected chi connectivity index (χ2v) is 8.44. The first-order valence-corrected chi connectivity index (χ1v) is 11.4. The van der Waals surface area contributed by atoms with Crippen molar-refractivity contribution in [2.45, 2.75) is 32.4 Å². The van der Waals surface area contributed by atoms with E-state index in [1.807, 2.05) is 0 Å². The Hall–Kier alpha value is -2.91. The van der Waals surface area contributed by atoms with E-state index in [1.165, 1.54) is 0 Å². The van der Waals surface area contributed by atoms with Crippen LogP contribution in [0.4, 0.5) is 10.5 Å². The number of para-hydroxylation sites is 1. The topological polar surface area (TPSA) is 85.4 Å². The summed E-state index contributed by atoms with van der Waals surface area (Å²) in [5, 5.41) is 0. The minimum Gasteiger partial charge on any atom is -0.497 e. The number of halogens is 1. The van der Waals surface area contributed by atoms with Gasteiger partial charge in [-0.25, -0.2) is 13.6 Å². The minimum absolute atomic E-state index is 0.00636. The van der Waals surface area contributed by atoms with Crippen LogP contribution >= 0.6 is 16.1 Å². The molecule has 2 unspecified atom stereocenters. The van der Waals surface area contributed by atoms with Crippen molar-refractivity contribution in [3.63, 3.8) is 0 Å². The number of benzene rings is 2. The van der Waals surface area contributed by atoms with E-state index in [4.69, 9.17) is 14.2 Å². The molecule has 2 atom stereocenters. The van der Waals surface area contributed by atoms with Gasteiger partial charge in [0.2, 0.25) is 0 Å². The van der Waals surface area contributed by atoms with Gasteiger partial charge in [0.1, 0.15) is 18.4 Å². The average Bonchev–Trinajstić information content (AvgIpc) is 2.84. The summed E-state index contributed by atoms with van der Waals surface area (Å²) in [5.41, 5.74) is 1.15. The predicted octanol–water partition coefficient (Wildman–Crippen LogP) is 4.32. The molecule has 1 heterocycles. The van der Waals surface area contributed by atoms with Crippen molar-refractivity contribution in [1.29, 1.82) is 0 Å². The molecule has 0 aromatic heterocycles. The van der Waals surface area contributed by atoms with E-state index in [0.29, 0.717) is 24.4 Å². The van der Waals surface area contributed by atoms with Crippen LogP contribution in [0.1, 0.15) is 25.3 Å². The highest BCUT2D eigenvalue weighted by Gasteiger charge is 2.40. The second-order valence-electron chi connectivity index (χ2n) is 7.52. The fourth-order valence-corrected chi connectivity index (χ4v) is 4.16.